The molecular formula is C9H13N3O2. The molecule has 0 bridgehead atoms. The van der Waals surface area contributed by atoms with Crippen LogP contribution in [0.4, 0.5) is 5.69 Å². The minimum absolute atomic E-state index is 0.00782. The molecule has 1 atom stereocenters. The minimum Gasteiger partial charge on any atom is -0.322 e. The summed E-state index contributed by atoms with van der Waals surface area (Å²) in [5.74, 6) is 0. The summed E-state index contributed by atoms with van der Waals surface area (Å²) >= 11 is 0. The van der Waals surface area contributed by atoms with E-state index < -0.39 is 4.92 Å². The van der Waals surface area contributed by atoms with Gasteiger partial charge in [0.05, 0.1) is 11.0 Å². The van der Waals surface area contributed by atoms with Crippen LogP contribution in [0.25, 0.3) is 0 Å². The second-order valence-electron chi connectivity index (χ2n) is 3.06. The highest BCUT2D eigenvalue weighted by molar-refractivity contribution is 5.36. The first-order chi connectivity index (χ1) is 6.66. The standard InChI is InChI=1S/C9H13N3O2/c1-2-4-7(10)9-8(12(13)14)5-3-6-11-9/h3,5-7H,2,4,10H2,1H3/t7-/m1/s1. The molecule has 0 aliphatic carbocycles. The van der Waals surface area contributed by atoms with Crippen molar-refractivity contribution in [2.45, 2.75) is 25.8 Å². The first kappa shape index (κ1) is 10.6. The van der Waals surface area contributed by atoms with Crippen LogP contribution in [0.15, 0.2) is 18.3 Å². The van der Waals surface area contributed by atoms with E-state index in [9.17, 15) is 10.1 Å². The molecule has 1 heterocycles. The summed E-state index contributed by atoms with van der Waals surface area (Å²) in [4.78, 5) is 14.1. The lowest BCUT2D eigenvalue weighted by atomic mass is 10.1. The average Bonchev–Trinajstić information content (AvgIpc) is 2.18. The maximum atomic E-state index is 10.6. The zero-order valence-corrected chi connectivity index (χ0v) is 8.01. The molecule has 2 N–H and O–H groups in total. The highest BCUT2D eigenvalue weighted by atomic mass is 16.6. The number of rotatable bonds is 4. The highest BCUT2D eigenvalue weighted by Gasteiger charge is 2.19. The number of hydrogen-bond acceptors (Lipinski definition) is 4. The number of nitrogens with two attached hydrogens (primary N) is 1. The van der Waals surface area contributed by atoms with Gasteiger partial charge in [-0.25, -0.2) is 0 Å². The summed E-state index contributed by atoms with van der Waals surface area (Å²) in [6.45, 7) is 1.98. The molecule has 0 aliphatic heterocycles. The number of nitro groups is 1. The van der Waals surface area contributed by atoms with Crippen molar-refractivity contribution in [1.82, 2.24) is 4.98 Å². The topological polar surface area (TPSA) is 82.0 Å². The van der Waals surface area contributed by atoms with E-state index in [0.29, 0.717) is 12.1 Å². The molecule has 0 aliphatic rings. The Kier molecular flexibility index (Phi) is 3.53. The van der Waals surface area contributed by atoms with Crippen molar-refractivity contribution in [3.05, 3.63) is 34.1 Å². The fraction of sp³-hybridized carbons (Fsp3) is 0.444. The number of pyridine rings is 1. The lowest BCUT2D eigenvalue weighted by Gasteiger charge is -2.08. The Hall–Kier alpha value is -1.49. The Morgan fingerprint density at radius 3 is 3.00 bits per heavy atom. The smallest absolute Gasteiger partial charge is 0.292 e. The van der Waals surface area contributed by atoms with Crippen LogP contribution >= 0.6 is 0 Å². The third-order valence-electron chi connectivity index (χ3n) is 1.96. The van der Waals surface area contributed by atoms with Gasteiger partial charge in [0, 0.05) is 12.3 Å². The Balaban J connectivity index is 3.00. The van der Waals surface area contributed by atoms with Gasteiger partial charge < -0.3 is 5.73 Å². The molecule has 1 aromatic rings. The summed E-state index contributed by atoms with van der Waals surface area (Å²) in [6.07, 6.45) is 3.12. The lowest BCUT2D eigenvalue weighted by Crippen LogP contribution is -2.13. The van der Waals surface area contributed by atoms with Crippen LogP contribution in [0.3, 0.4) is 0 Å². The van der Waals surface area contributed by atoms with E-state index in [1.165, 1.54) is 12.3 Å². The molecule has 0 amide bonds. The van der Waals surface area contributed by atoms with Crippen LogP contribution in [-0.2, 0) is 0 Å². The van der Waals surface area contributed by atoms with Crippen LogP contribution in [-0.4, -0.2) is 9.91 Å². The van der Waals surface area contributed by atoms with Crippen LogP contribution in [0.5, 0.6) is 0 Å². The van der Waals surface area contributed by atoms with E-state index in [1.54, 1.807) is 6.07 Å². The molecule has 0 radical (unpaired) electrons. The SMILES string of the molecule is CCC[C@@H](N)c1ncccc1[N+](=O)[O-]. The third kappa shape index (κ3) is 2.26. The second kappa shape index (κ2) is 4.66. The summed E-state index contributed by atoms with van der Waals surface area (Å²) in [6, 6.07) is 2.62. The maximum Gasteiger partial charge on any atom is 0.292 e. The van der Waals surface area contributed by atoms with Crippen molar-refractivity contribution >= 4 is 5.69 Å². The van der Waals surface area contributed by atoms with Crippen LogP contribution in [0.2, 0.25) is 0 Å². The molecule has 0 aromatic carbocycles. The van der Waals surface area contributed by atoms with Gasteiger partial charge >= 0.3 is 0 Å². The zero-order valence-electron chi connectivity index (χ0n) is 8.01. The van der Waals surface area contributed by atoms with E-state index >= 15 is 0 Å². The fourth-order valence-corrected chi connectivity index (χ4v) is 1.30. The fourth-order valence-electron chi connectivity index (χ4n) is 1.30. The molecule has 0 saturated carbocycles. The van der Waals surface area contributed by atoms with Gasteiger partial charge in [0.25, 0.3) is 5.69 Å². The van der Waals surface area contributed by atoms with Gasteiger partial charge in [-0.1, -0.05) is 13.3 Å². The summed E-state index contributed by atoms with van der Waals surface area (Å²) < 4.78 is 0. The van der Waals surface area contributed by atoms with Gasteiger partial charge in [-0.15, -0.1) is 0 Å². The van der Waals surface area contributed by atoms with E-state index in [0.717, 1.165) is 6.42 Å². The third-order valence-corrected chi connectivity index (χ3v) is 1.96. The summed E-state index contributed by atoms with van der Waals surface area (Å²) in [5.41, 5.74) is 6.16. The molecule has 5 nitrogen and oxygen atoms in total. The first-order valence-electron chi connectivity index (χ1n) is 4.51. The van der Waals surface area contributed by atoms with Gasteiger partial charge in [-0.2, -0.15) is 0 Å². The van der Waals surface area contributed by atoms with Gasteiger partial charge in [0.15, 0.2) is 0 Å². The van der Waals surface area contributed by atoms with E-state index in [-0.39, 0.29) is 11.7 Å². The van der Waals surface area contributed by atoms with Crippen molar-refractivity contribution in [2.24, 2.45) is 5.73 Å². The second-order valence-corrected chi connectivity index (χ2v) is 3.06. The molecule has 76 valence electrons. The van der Waals surface area contributed by atoms with Crippen molar-refractivity contribution in [3.63, 3.8) is 0 Å². The van der Waals surface area contributed by atoms with Crippen LogP contribution in [0.1, 0.15) is 31.5 Å². The highest BCUT2D eigenvalue weighted by Crippen LogP contribution is 2.23. The Morgan fingerprint density at radius 1 is 1.71 bits per heavy atom. The monoisotopic (exact) mass is 195 g/mol. The van der Waals surface area contributed by atoms with Gasteiger partial charge in [0.2, 0.25) is 0 Å². The van der Waals surface area contributed by atoms with Crippen LogP contribution < -0.4 is 5.73 Å². The van der Waals surface area contributed by atoms with E-state index in [2.05, 4.69) is 4.98 Å². The van der Waals surface area contributed by atoms with Crippen molar-refractivity contribution < 1.29 is 4.92 Å². The Labute approximate surface area is 82.1 Å². The molecule has 0 fully saturated rings. The molecule has 0 spiro atoms. The normalized spacial score (nSPS) is 12.4. The first-order valence-corrected chi connectivity index (χ1v) is 4.51. The molecule has 0 saturated heterocycles. The predicted molar refractivity (Wildman–Crippen MR) is 52.7 cm³/mol. The van der Waals surface area contributed by atoms with Gasteiger partial charge in [-0.3, -0.25) is 15.1 Å². The quantitative estimate of drug-likeness (QED) is 0.586. The van der Waals surface area contributed by atoms with Crippen molar-refractivity contribution in [1.29, 1.82) is 0 Å². The number of nitrogens with zero attached hydrogens (tertiary/aromatic N) is 2. The van der Waals surface area contributed by atoms with Crippen molar-refractivity contribution in [2.75, 3.05) is 0 Å². The van der Waals surface area contributed by atoms with E-state index in [4.69, 9.17) is 5.73 Å². The summed E-state index contributed by atoms with van der Waals surface area (Å²) in [7, 11) is 0. The molecule has 5 heteroatoms. The van der Waals surface area contributed by atoms with Gasteiger partial charge in [-0.05, 0) is 12.5 Å². The molecular weight excluding hydrogens is 182 g/mol. The predicted octanol–water partition coefficient (Wildman–Crippen LogP) is 1.79. The van der Waals surface area contributed by atoms with Gasteiger partial charge in [0.1, 0.15) is 5.69 Å². The minimum atomic E-state index is -0.447. The molecule has 1 rings (SSSR count). The molecule has 1 aromatic heterocycles. The van der Waals surface area contributed by atoms with Crippen LogP contribution in [0, 0.1) is 10.1 Å². The Bertz CT molecular complexity index is 328. The van der Waals surface area contributed by atoms with Crippen molar-refractivity contribution in [3.8, 4) is 0 Å². The Morgan fingerprint density at radius 2 is 2.43 bits per heavy atom. The molecule has 14 heavy (non-hydrogen) atoms. The largest absolute Gasteiger partial charge is 0.322 e. The van der Waals surface area contributed by atoms with E-state index in [1.807, 2.05) is 6.92 Å². The summed E-state index contributed by atoms with van der Waals surface area (Å²) in [5, 5.41) is 10.6. The zero-order chi connectivity index (χ0) is 10.6. The maximum absolute atomic E-state index is 10.6. The lowest BCUT2D eigenvalue weighted by molar-refractivity contribution is -0.386. The number of aromatic nitrogens is 1. The average molecular weight is 195 g/mol. The number of hydrogen-bond donors (Lipinski definition) is 1. The molecule has 0 unspecified atom stereocenters.